The van der Waals surface area contributed by atoms with Crippen molar-refractivity contribution in [2.75, 3.05) is 0 Å². The van der Waals surface area contributed by atoms with Gasteiger partial charge in [0.2, 0.25) is 11.6 Å². The van der Waals surface area contributed by atoms with Gasteiger partial charge in [0.15, 0.2) is 0 Å². The van der Waals surface area contributed by atoms with Crippen LogP contribution in [-0.4, -0.2) is 16.3 Å². The van der Waals surface area contributed by atoms with Crippen LogP contribution in [0.3, 0.4) is 0 Å². The number of Topliss-reactive ketones (excluding diaryl/α,β-unsaturated/α-hetero) is 2. The Balaban J connectivity index is 2.68. The molecule has 0 aromatic rings. The fraction of sp³-hybridized carbons (Fsp3) is 0.800. The zero-order valence-electron chi connectivity index (χ0n) is 8.18. The summed E-state index contributed by atoms with van der Waals surface area (Å²) in [7, 11) is 0. The van der Waals surface area contributed by atoms with E-state index in [2.05, 4.69) is 12.6 Å². The molecule has 2 atom stereocenters. The predicted octanol–water partition coefficient (Wildman–Crippen LogP) is 1.63. The monoisotopic (exact) mass is 198 g/mol. The van der Waals surface area contributed by atoms with Gasteiger partial charge < -0.3 is 0 Å². The van der Waals surface area contributed by atoms with Gasteiger partial charge in [-0.2, -0.15) is 12.6 Å². The third-order valence-electron chi connectivity index (χ3n) is 4.48. The Morgan fingerprint density at radius 1 is 1.08 bits per heavy atom. The van der Waals surface area contributed by atoms with Crippen molar-refractivity contribution in [3.8, 4) is 0 Å². The highest BCUT2D eigenvalue weighted by molar-refractivity contribution is 7.83. The maximum Gasteiger partial charge on any atom is 0.215 e. The molecule has 0 saturated heterocycles. The molecule has 2 aliphatic rings. The number of carbonyl (C=O) groups excluding carboxylic acids is 2. The van der Waals surface area contributed by atoms with Crippen LogP contribution in [0, 0.1) is 10.8 Å². The Hall–Kier alpha value is -0.310. The fourth-order valence-corrected chi connectivity index (χ4v) is 3.21. The van der Waals surface area contributed by atoms with E-state index in [0.29, 0.717) is 0 Å². The van der Waals surface area contributed by atoms with Crippen LogP contribution in [-0.2, 0) is 9.59 Å². The van der Waals surface area contributed by atoms with Crippen molar-refractivity contribution in [3.05, 3.63) is 0 Å². The highest BCUT2D eigenvalue weighted by Crippen LogP contribution is 2.66. The van der Waals surface area contributed by atoms with E-state index in [0.717, 1.165) is 12.8 Å². The van der Waals surface area contributed by atoms with E-state index >= 15 is 0 Å². The average molecular weight is 198 g/mol. The lowest BCUT2D eigenvalue weighted by Gasteiger charge is -2.35. The Morgan fingerprint density at radius 2 is 1.62 bits per heavy atom. The summed E-state index contributed by atoms with van der Waals surface area (Å²) in [4.78, 5) is 23.4. The first kappa shape index (κ1) is 9.25. The Bertz CT molecular complexity index is 291. The van der Waals surface area contributed by atoms with Gasteiger partial charge in [-0.3, -0.25) is 9.59 Å². The van der Waals surface area contributed by atoms with E-state index in [1.165, 1.54) is 0 Å². The molecule has 2 saturated carbocycles. The van der Waals surface area contributed by atoms with Crippen LogP contribution in [0.4, 0.5) is 0 Å². The fourth-order valence-electron chi connectivity index (χ4n) is 2.75. The van der Waals surface area contributed by atoms with E-state index < -0.39 is 10.2 Å². The molecule has 0 aromatic carbocycles. The molecule has 3 heteroatoms. The molecule has 2 aliphatic carbocycles. The van der Waals surface area contributed by atoms with Crippen LogP contribution in [0.5, 0.6) is 0 Å². The van der Waals surface area contributed by atoms with Crippen molar-refractivity contribution < 1.29 is 9.59 Å². The lowest BCUT2D eigenvalue weighted by atomic mass is 9.70. The Labute approximate surface area is 83.5 Å². The topological polar surface area (TPSA) is 34.1 Å². The summed E-state index contributed by atoms with van der Waals surface area (Å²) >= 11 is 4.44. The average Bonchev–Trinajstić information content (AvgIpc) is 2.28. The number of fused-ring (bicyclic) bond motifs is 2. The zero-order chi connectivity index (χ0) is 10.1. The van der Waals surface area contributed by atoms with Crippen LogP contribution in [0.1, 0.15) is 33.6 Å². The van der Waals surface area contributed by atoms with Gasteiger partial charge in [0, 0.05) is 5.41 Å². The lowest BCUT2D eigenvalue weighted by Crippen LogP contribution is -2.38. The molecule has 13 heavy (non-hydrogen) atoms. The quantitative estimate of drug-likeness (QED) is 0.474. The number of hydrogen-bond acceptors (Lipinski definition) is 3. The predicted molar refractivity (Wildman–Crippen MR) is 52.9 cm³/mol. The lowest BCUT2D eigenvalue weighted by molar-refractivity contribution is -0.140. The van der Waals surface area contributed by atoms with Gasteiger partial charge in [-0.05, 0) is 18.3 Å². The summed E-state index contributed by atoms with van der Waals surface area (Å²) in [5.74, 6) is -0.478. The minimum Gasteiger partial charge on any atom is -0.290 e. The maximum absolute atomic E-state index is 11.7. The minimum absolute atomic E-state index is 0.209. The molecule has 0 N–H and O–H groups in total. The highest BCUT2D eigenvalue weighted by atomic mass is 32.1. The molecule has 0 aliphatic heterocycles. The first-order valence-corrected chi connectivity index (χ1v) is 5.04. The molecule has 2 rings (SSSR count). The zero-order valence-corrected chi connectivity index (χ0v) is 9.07. The Kier molecular flexibility index (Phi) is 1.44. The van der Waals surface area contributed by atoms with Crippen molar-refractivity contribution in [2.24, 2.45) is 10.8 Å². The largest absolute Gasteiger partial charge is 0.290 e. The molecule has 72 valence electrons. The second-order valence-corrected chi connectivity index (χ2v) is 5.74. The molecule has 2 bridgehead atoms. The molecule has 0 aromatic heterocycles. The summed E-state index contributed by atoms with van der Waals surface area (Å²) in [5.41, 5.74) is -0.761. The van der Waals surface area contributed by atoms with Crippen molar-refractivity contribution in [1.29, 1.82) is 0 Å². The van der Waals surface area contributed by atoms with Gasteiger partial charge >= 0.3 is 0 Å². The first-order valence-electron chi connectivity index (χ1n) is 4.59. The second kappa shape index (κ2) is 2.02. The standard InChI is InChI=1S/C10H14O2S/c1-8(2)9(3)4-5-10(8,13)7(12)6(9)11/h13H,4-5H2,1-3H3. The number of ketones is 2. The number of hydrogen-bond donors (Lipinski definition) is 1. The van der Waals surface area contributed by atoms with Gasteiger partial charge in [0.05, 0.1) is 4.75 Å². The van der Waals surface area contributed by atoms with Crippen molar-refractivity contribution >= 4 is 24.2 Å². The van der Waals surface area contributed by atoms with Crippen molar-refractivity contribution in [1.82, 2.24) is 0 Å². The van der Waals surface area contributed by atoms with Gasteiger partial charge in [-0.15, -0.1) is 0 Å². The van der Waals surface area contributed by atoms with Crippen molar-refractivity contribution in [3.63, 3.8) is 0 Å². The molecule has 0 spiro atoms. The number of rotatable bonds is 0. The van der Waals surface area contributed by atoms with Crippen LogP contribution in [0.2, 0.25) is 0 Å². The summed E-state index contributed by atoms with van der Waals surface area (Å²) in [5, 5.41) is 0. The summed E-state index contributed by atoms with van der Waals surface area (Å²) in [6.45, 7) is 5.86. The van der Waals surface area contributed by atoms with E-state index in [4.69, 9.17) is 0 Å². The molecular formula is C10H14O2S. The van der Waals surface area contributed by atoms with Crippen LogP contribution >= 0.6 is 12.6 Å². The molecule has 0 amide bonds. The molecule has 0 radical (unpaired) electrons. The third-order valence-corrected chi connectivity index (χ3v) is 5.47. The van der Waals surface area contributed by atoms with Gasteiger partial charge in [0.25, 0.3) is 0 Å². The van der Waals surface area contributed by atoms with Crippen LogP contribution in [0.15, 0.2) is 0 Å². The Morgan fingerprint density at radius 3 is 1.85 bits per heavy atom. The van der Waals surface area contributed by atoms with Crippen LogP contribution in [0.25, 0.3) is 0 Å². The van der Waals surface area contributed by atoms with Gasteiger partial charge in [-0.25, -0.2) is 0 Å². The second-order valence-electron chi connectivity index (χ2n) is 4.98. The third kappa shape index (κ3) is 0.663. The minimum atomic E-state index is -0.696. The summed E-state index contributed by atoms with van der Waals surface area (Å²) in [6, 6.07) is 0. The molecule has 2 unspecified atom stereocenters. The van der Waals surface area contributed by atoms with E-state index in [1.54, 1.807) is 0 Å². The molecule has 2 nitrogen and oxygen atoms in total. The van der Waals surface area contributed by atoms with E-state index in [-0.39, 0.29) is 17.0 Å². The highest BCUT2D eigenvalue weighted by Gasteiger charge is 2.73. The number of thiol groups is 1. The smallest absolute Gasteiger partial charge is 0.215 e. The molecule has 0 heterocycles. The summed E-state index contributed by atoms with van der Waals surface area (Å²) in [6.07, 6.45) is 1.54. The first-order chi connectivity index (χ1) is 5.77. The normalized spacial score (nSPS) is 47.4. The molecular weight excluding hydrogens is 184 g/mol. The molecule has 2 fully saturated rings. The van der Waals surface area contributed by atoms with E-state index in [9.17, 15) is 9.59 Å². The van der Waals surface area contributed by atoms with Crippen LogP contribution < -0.4 is 0 Å². The van der Waals surface area contributed by atoms with Gasteiger partial charge in [0.1, 0.15) is 0 Å². The number of carbonyl (C=O) groups is 2. The SMILES string of the molecule is CC12CCC(S)(C(=O)C1=O)C2(C)C. The summed E-state index contributed by atoms with van der Waals surface area (Å²) < 4.78 is -0.696. The van der Waals surface area contributed by atoms with E-state index in [1.807, 2.05) is 20.8 Å². The maximum atomic E-state index is 11.7. The van der Waals surface area contributed by atoms with Crippen molar-refractivity contribution in [2.45, 2.75) is 38.4 Å². The van der Waals surface area contributed by atoms with Gasteiger partial charge in [-0.1, -0.05) is 20.8 Å².